The number of nitrogens with one attached hydrogen (secondary N) is 2. The Morgan fingerprint density at radius 1 is 1.15 bits per heavy atom. The average Bonchev–Trinajstić information content (AvgIpc) is 3.17. The minimum absolute atomic E-state index is 0.0664. The van der Waals surface area contributed by atoms with Crippen molar-refractivity contribution in [3.8, 4) is 0 Å². The Balaban J connectivity index is 1.42. The van der Waals surface area contributed by atoms with Crippen LogP contribution in [0.2, 0.25) is 0 Å². The molecule has 1 aliphatic heterocycles. The molecule has 1 saturated carbocycles. The monoisotopic (exact) mass is 355 g/mol. The van der Waals surface area contributed by atoms with Crippen LogP contribution in [0.3, 0.4) is 0 Å². The number of rotatable bonds is 6. The number of aromatic nitrogens is 1. The molecule has 2 aliphatic rings. The fraction of sp³-hybridized carbons (Fsp3) is 0.421. The van der Waals surface area contributed by atoms with Gasteiger partial charge in [-0.3, -0.25) is 9.59 Å². The molecule has 4 rings (SSSR count). The summed E-state index contributed by atoms with van der Waals surface area (Å²) in [6.07, 6.45) is 4.19. The van der Waals surface area contributed by atoms with Crippen LogP contribution in [-0.2, 0) is 4.74 Å². The van der Waals surface area contributed by atoms with Crippen LogP contribution in [0.15, 0.2) is 34.9 Å². The van der Waals surface area contributed by atoms with Crippen molar-refractivity contribution in [1.29, 1.82) is 0 Å². The molecule has 26 heavy (non-hydrogen) atoms. The van der Waals surface area contributed by atoms with Gasteiger partial charge in [0.25, 0.3) is 11.8 Å². The second kappa shape index (κ2) is 7.29. The summed E-state index contributed by atoms with van der Waals surface area (Å²) >= 11 is 0. The van der Waals surface area contributed by atoms with Crippen molar-refractivity contribution < 1.29 is 18.8 Å². The van der Waals surface area contributed by atoms with E-state index in [4.69, 9.17) is 9.26 Å². The SMILES string of the molecule is O=C(Nc1ccccc1C(=O)NCC1CCCO1)c1cc(C2CC2)on1. The van der Waals surface area contributed by atoms with E-state index in [1.165, 1.54) is 0 Å². The van der Waals surface area contributed by atoms with Gasteiger partial charge in [-0.1, -0.05) is 17.3 Å². The molecule has 0 spiro atoms. The highest BCUT2D eigenvalue weighted by atomic mass is 16.5. The van der Waals surface area contributed by atoms with Crippen molar-refractivity contribution in [2.75, 3.05) is 18.5 Å². The molecule has 2 heterocycles. The first-order valence-corrected chi connectivity index (χ1v) is 8.97. The van der Waals surface area contributed by atoms with Gasteiger partial charge in [0.05, 0.1) is 17.4 Å². The molecule has 1 atom stereocenters. The Morgan fingerprint density at radius 3 is 2.77 bits per heavy atom. The lowest BCUT2D eigenvalue weighted by Crippen LogP contribution is -2.32. The molecular formula is C19H21N3O4. The number of benzene rings is 1. The number of hydrogen-bond acceptors (Lipinski definition) is 5. The molecule has 1 unspecified atom stereocenters. The Labute approximate surface area is 151 Å². The second-order valence-electron chi connectivity index (χ2n) is 6.73. The normalized spacial score (nSPS) is 19.3. The number of anilines is 1. The largest absolute Gasteiger partial charge is 0.376 e. The van der Waals surface area contributed by atoms with Gasteiger partial charge in [-0.15, -0.1) is 0 Å². The lowest BCUT2D eigenvalue weighted by atomic mass is 10.1. The van der Waals surface area contributed by atoms with Crippen molar-refractivity contribution >= 4 is 17.5 Å². The third-order valence-corrected chi connectivity index (χ3v) is 4.67. The van der Waals surface area contributed by atoms with E-state index in [1.807, 2.05) is 0 Å². The van der Waals surface area contributed by atoms with Crippen molar-refractivity contribution in [2.24, 2.45) is 0 Å². The van der Waals surface area contributed by atoms with Crippen LogP contribution in [0.4, 0.5) is 5.69 Å². The van der Waals surface area contributed by atoms with E-state index in [-0.39, 0.29) is 23.6 Å². The lowest BCUT2D eigenvalue weighted by molar-refractivity contribution is 0.0858. The fourth-order valence-electron chi connectivity index (χ4n) is 3.04. The molecule has 1 aromatic carbocycles. The highest BCUT2D eigenvalue weighted by Gasteiger charge is 2.29. The minimum atomic E-state index is -0.389. The highest BCUT2D eigenvalue weighted by molar-refractivity contribution is 6.08. The number of ether oxygens (including phenoxy) is 1. The van der Waals surface area contributed by atoms with Crippen LogP contribution < -0.4 is 10.6 Å². The first kappa shape index (κ1) is 16.8. The summed E-state index contributed by atoms with van der Waals surface area (Å²) in [6.45, 7) is 1.21. The lowest BCUT2D eigenvalue weighted by Gasteiger charge is -2.13. The summed E-state index contributed by atoms with van der Waals surface area (Å²) in [4.78, 5) is 24.9. The van der Waals surface area contributed by atoms with Gasteiger partial charge < -0.3 is 19.9 Å². The number of carbonyl (C=O) groups is 2. The van der Waals surface area contributed by atoms with E-state index in [0.717, 1.165) is 38.1 Å². The smallest absolute Gasteiger partial charge is 0.277 e. The standard InChI is InChI=1S/C19H21N3O4/c23-18(20-11-13-4-3-9-25-13)14-5-1-2-6-15(14)21-19(24)16-10-17(26-22-16)12-7-8-12/h1-2,5-6,10,12-13H,3-4,7-9,11H2,(H,20,23)(H,21,24). The summed E-state index contributed by atoms with van der Waals surface area (Å²) in [5, 5.41) is 9.46. The van der Waals surface area contributed by atoms with Crippen molar-refractivity contribution in [1.82, 2.24) is 10.5 Å². The molecule has 2 amide bonds. The summed E-state index contributed by atoms with van der Waals surface area (Å²) in [5.74, 6) is 0.507. The van der Waals surface area contributed by atoms with Crippen molar-refractivity contribution in [2.45, 2.75) is 37.7 Å². The minimum Gasteiger partial charge on any atom is -0.376 e. The molecule has 0 radical (unpaired) electrons. The van der Waals surface area contributed by atoms with Crippen molar-refractivity contribution in [3.05, 3.63) is 47.3 Å². The zero-order chi connectivity index (χ0) is 17.9. The first-order chi connectivity index (χ1) is 12.7. The van der Waals surface area contributed by atoms with E-state index >= 15 is 0 Å². The predicted molar refractivity (Wildman–Crippen MR) is 94.2 cm³/mol. The van der Waals surface area contributed by atoms with Gasteiger partial charge in [0, 0.05) is 25.1 Å². The Kier molecular flexibility index (Phi) is 4.71. The molecule has 1 aromatic heterocycles. The molecular weight excluding hydrogens is 334 g/mol. The van der Waals surface area contributed by atoms with Crippen LogP contribution in [0.1, 0.15) is 58.2 Å². The van der Waals surface area contributed by atoms with E-state index in [9.17, 15) is 9.59 Å². The Morgan fingerprint density at radius 2 is 2.00 bits per heavy atom. The molecule has 7 heteroatoms. The van der Waals surface area contributed by atoms with Crippen LogP contribution >= 0.6 is 0 Å². The molecule has 1 saturated heterocycles. The van der Waals surface area contributed by atoms with Crippen molar-refractivity contribution in [3.63, 3.8) is 0 Å². The summed E-state index contributed by atoms with van der Waals surface area (Å²) < 4.78 is 10.7. The molecule has 136 valence electrons. The van der Waals surface area contributed by atoms with Gasteiger partial charge in [0.1, 0.15) is 5.76 Å². The van der Waals surface area contributed by atoms with Crippen LogP contribution in [0.25, 0.3) is 0 Å². The van der Waals surface area contributed by atoms with Crippen LogP contribution in [-0.4, -0.2) is 36.2 Å². The summed E-state index contributed by atoms with van der Waals surface area (Å²) in [5.41, 5.74) is 1.07. The molecule has 2 fully saturated rings. The molecule has 2 N–H and O–H groups in total. The van der Waals surface area contributed by atoms with Gasteiger partial charge in [0.2, 0.25) is 0 Å². The Bertz CT molecular complexity index is 807. The predicted octanol–water partition coefficient (Wildman–Crippen LogP) is 2.71. The number of para-hydroxylation sites is 1. The Hall–Kier alpha value is -2.67. The van der Waals surface area contributed by atoms with E-state index in [1.54, 1.807) is 30.3 Å². The second-order valence-corrected chi connectivity index (χ2v) is 6.73. The van der Waals surface area contributed by atoms with Gasteiger partial charge in [-0.05, 0) is 37.8 Å². The molecule has 2 aromatic rings. The topological polar surface area (TPSA) is 93.5 Å². The number of nitrogens with zero attached hydrogens (tertiary/aromatic N) is 1. The van der Waals surface area contributed by atoms with E-state index in [0.29, 0.717) is 23.7 Å². The first-order valence-electron chi connectivity index (χ1n) is 8.97. The maximum atomic E-state index is 12.5. The summed E-state index contributed by atoms with van der Waals surface area (Å²) in [7, 11) is 0. The molecule has 0 bridgehead atoms. The summed E-state index contributed by atoms with van der Waals surface area (Å²) in [6, 6.07) is 8.58. The van der Waals surface area contributed by atoms with Gasteiger partial charge in [0.15, 0.2) is 5.69 Å². The molecule has 1 aliphatic carbocycles. The number of hydrogen-bond donors (Lipinski definition) is 2. The zero-order valence-corrected chi connectivity index (χ0v) is 14.4. The van der Waals surface area contributed by atoms with E-state index < -0.39 is 0 Å². The molecule has 7 nitrogen and oxygen atoms in total. The maximum Gasteiger partial charge on any atom is 0.277 e. The van der Waals surface area contributed by atoms with Crippen LogP contribution in [0, 0.1) is 0 Å². The maximum absolute atomic E-state index is 12.5. The number of amides is 2. The van der Waals surface area contributed by atoms with E-state index in [2.05, 4.69) is 15.8 Å². The highest BCUT2D eigenvalue weighted by Crippen LogP contribution is 2.40. The third-order valence-electron chi connectivity index (χ3n) is 4.67. The average molecular weight is 355 g/mol. The van der Waals surface area contributed by atoms with Gasteiger partial charge in [-0.2, -0.15) is 0 Å². The zero-order valence-electron chi connectivity index (χ0n) is 14.4. The quantitative estimate of drug-likeness (QED) is 0.831. The van der Waals surface area contributed by atoms with Crippen LogP contribution in [0.5, 0.6) is 0 Å². The third kappa shape index (κ3) is 3.77. The van der Waals surface area contributed by atoms with Gasteiger partial charge in [-0.25, -0.2) is 0 Å². The number of carbonyl (C=O) groups excluding carboxylic acids is 2. The fourth-order valence-corrected chi connectivity index (χ4v) is 3.04. The van der Waals surface area contributed by atoms with Gasteiger partial charge >= 0.3 is 0 Å².